The van der Waals surface area contributed by atoms with Crippen LogP contribution in [0.3, 0.4) is 0 Å². The molecule has 0 N–H and O–H groups in total. The number of halogens is 10. The van der Waals surface area contributed by atoms with E-state index in [4.69, 9.17) is 0 Å². The Morgan fingerprint density at radius 3 is 0.769 bits per heavy atom. The molecule has 0 bridgehead atoms. The van der Waals surface area contributed by atoms with Crippen molar-refractivity contribution >= 4 is 22.8 Å². The summed E-state index contributed by atoms with van der Waals surface area (Å²) < 4.78 is 138. The Morgan fingerprint density at radius 1 is 0.269 bits per heavy atom. The topological polar surface area (TPSA) is 0 Å². The molecule has 134 valence electrons. The monoisotopic (exact) mass is 382 g/mol. The van der Waals surface area contributed by atoms with Crippen molar-refractivity contribution in [2.45, 2.75) is 0 Å². The highest BCUT2D eigenvalue weighted by Gasteiger charge is 2.38. The van der Waals surface area contributed by atoms with E-state index in [0.717, 1.165) is 0 Å². The van der Waals surface area contributed by atoms with Gasteiger partial charge in [-0.2, -0.15) is 0 Å². The first-order valence-electron chi connectivity index (χ1n) is 6.64. The second kappa shape index (κ2) is 4.89. The van der Waals surface area contributed by atoms with Crippen molar-refractivity contribution < 1.29 is 43.9 Å². The third-order valence-electron chi connectivity index (χ3n) is 4.16. The quantitative estimate of drug-likeness (QED) is 0.372. The Labute approximate surface area is 135 Å². The summed E-state index contributed by atoms with van der Waals surface area (Å²) in [5.74, 6) is -22.6. The van der Waals surface area contributed by atoms with Gasteiger partial charge in [-0.15, -0.1) is 0 Å². The van der Waals surface area contributed by atoms with E-state index in [1.165, 1.54) is 0 Å². The van der Waals surface area contributed by atoms with Gasteiger partial charge in [0.15, 0.2) is 46.5 Å². The van der Waals surface area contributed by atoms with E-state index >= 15 is 0 Å². The molecule has 2 aliphatic carbocycles. The maximum absolute atomic E-state index is 14.5. The van der Waals surface area contributed by atoms with Crippen molar-refractivity contribution in [2.24, 2.45) is 0 Å². The summed E-state index contributed by atoms with van der Waals surface area (Å²) in [6.45, 7) is 0. The van der Waals surface area contributed by atoms with Crippen LogP contribution in [0.2, 0.25) is 0 Å². The zero-order valence-corrected chi connectivity index (χ0v) is 11.8. The summed E-state index contributed by atoms with van der Waals surface area (Å²) in [4.78, 5) is 0. The fourth-order valence-electron chi connectivity index (χ4n) is 3.08. The molecule has 0 heterocycles. The second-order valence-electron chi connectivity index (χ2n) is 5.39. The van der Waals surface area contributed by atoms with E-state index < -0.39 is 90.2 Å². The predicted octanol–water partition coefficient (Wildman–Crippen LogP) is 1.98. The Morgan fingerprint density at radius 2 is 0.500 bits per heavy atom. The second-order valence-corrected chi connectivity index (χ2v) is 5.39. The fourth-order valence-corrected chi connectivity index (χ4v) is 3.08. The van der Waals surface area contributed by atoms with Crippen LogP contribution in [-0.2, 0) is 0 Å². The van der Waals surface area contributed by atoms with Crippen LogP contribution in [0.5, 0.6) is 0 Å². The van der Waals surface area contributed by atoms with Crippen molar-refractivity contribution in [3.8, 4) is 0 Å². The molecule has 0 radical (unpaired) electrons. The van der Waals surface area contributed by atoms with Crippen LogP contribution < -0.4 is 20.9 Å². The third-order valence-corrected chi connectivity index (χ3v) is 4.16. The van der Waals surface area contributed by atoms with Crippen molar-refractivity contribution in [3.05, 3.63) is 67.4 Å². The van der Waals surface area contributed by atoms with Crippen LogP contribution >= 0.6 is 0 Å². The van der Waals surface area contributed by atoms with Crippen LogP contribution in [-0.4, -0.2) is 0 Å². The SMILES string of the molecule is FC1=c2c(F)c(F)c(F)c(F)c2=C2C(F)=c3c(F)c(F)c(F)c(F)c3=C12. The Balaban J connectivity index is 2.45. The highest BCUT2D eigenvalue weighted by molar-refractivity contribution is 6.23. The van der Waals surface area contributed by atoms with Gasteiger partial charge in [0, 0.05) is 21.6 Å². The average Bonchev–Trinajstić information content (AvgIpc) is 3.08. The normalized spacial score (nSPS) is 15.0. The van der Waals surface area contributed by atoms with Gasteiger partial charge >= 0.3 is 0 Å². The molecule has 0 aliphatic heterocycles. The molecule has 4 rings (SSSR count). The molecular formula is C16F10. The highest BCUT2D eigenvalue weighted by Crippen LogP contribution is 2.35. The van der Waals surface area contributed by atoms with Crippen LogP contribution in [0.1, 0.15) is 0 Å². The first-order chi connectivity index (χ1) is 12.1. The molecule has 0 aromatic heterocycles. The molecule has 0 saturated heterocycles. The van der Waals surface area contributed by atoms with Gasteiger partial charge in [0.05, 0.1) is 10.4 Å². The number of hydrogen-bond donors (Lipinski definition) is 0. The fraction of sp³-hybridized carbons (Fsp3) is 0. The lowest BCUT2D eigenvalue weighted by Crippen LogP contribution is -2.37. The number of benzene rings is 2. The average molecular weight is 382 g/mol. The van der Waals surface area contributed by atoms with E-state index in [9.17, 15) is 43.9 Å². The number of fused-ring (bicyclic) bond motifs is 3. The van der Waals surface area contributed by atoms with E-state index in [1.807, 2.05) is 0 Å². The van der Waals surface area contributed by atoms with Gasteiger partial charge in [0.2, 0.25) is 0 Å². The van der Waals surface area contributed by atoms with Gasteiger partial charge in [0.25, 0.3) is 0 Å². The number of rotatable bonds is 0. The molecule has 0 fully saturated rings. The molecular weight excluding hydrogens is 382 g/mol. The molecule has 0 amide bonds. The van der Waals surface area contributed by atoms with E-state index in [0.29, 0.717) is 0 Å². The maximum atomic E-state index is 14.5. The summed E-state index contributed by atoms with van der Waals surface area (Å²) >= 11 is 0. The van der Waals surface area contributed by atoms with Gasteiger partial charge in [-0.05, 0) is 0 Å². The minimum Gasteiger partial charge on any atom is -0.205 e. The molecule has 0 saturated carbocycles. The van der Waals surface area contributed by atoms with Crippen LogP contribution in [0.15, 0.2) is 0 Å². The summed E-state index contributed by atoms with van der Waals surface area (Å²) in [6, 6.07) is 0. The molecule has 2 aromatic rings. The Kier molecular flexibility index (Phi) is 3.14. The maximum Gasteiger partial charge on any atom is 0.198 e. The zero-order valence-electron chi connectivity index (χ0n) is 11.8. The molecule has 0 spiro atoms. The molecule has 2 aromatic carbocycles. The minimum atomic E-state index is -2.43. The third kappa shape index (κ3) is 1.62. The highest BCUT2D eigenvalue weighted by atomic mass is 19.2. The van der Waals surface area contributed by atoms with Crippen molar-refractivity contribution in [1.82, 2.24) is 0 Å². The first-order valence-corrected chi connectivity index (χ1v) is 6.64. The summed E-state index contributed by atoms with van der Waals surface area (Å²) in [5, 5.41) is -6.11. The van der Waals surface area contributed by atoms with E-state index in [1.54, 1.807) is 0 Å². The van der Waals surface area contributed by atoms with E-state index in [-0.39, 0.29) is 0 Å². The summed E-state index contributed by atoms with van der Waals surface area (Å²) in [7, 11) is 0. The Hall–Kier alpha value is -2.78. The lowest BCUT2D eigenvalue weighted by Gasteiger charge is -2.01. The minimum absolute atomic E-state index is 1.37. The van der Waals surface area contributed by atoms with Crippen molar-refractivity contribution in [2.75, 3.05) is 0 Å². The molecule has 2 aliphatic rings. The zero-order chi connectivity index (χ0) is 19.2. The smallest absolute Gasteiger partial charge is 0.198 e. The first kappa shape index (κ1) is 16.7. The van der Waals surface area contributed by atoms with Crippen molar-refractivity contribution in [3.63, 3.8) is 0 Å². The molecule has 0 unspecified atom stereocenters. The largest absolute Gasteiger partial charge is 0.205 e. The molecule has 10 heteroatoms. The van der Waals surface area contributed by atoms with Gasteiger partial charge in [-0.1, -0.05) is 0 Å². The van der Waals surface area contributed by atoms with E-state index in [2.05, 4.69) is 0 Å². The van der Waals surface area contributed by atoms with Crippen LogP contribution in [0.4, 0.5) is 43.9 Å². The van der Waals surface area contributed by atoms with Gasteiger partial charge in [-0.3, -0.25) is 0 Å². The van der Waals surface area contributed by atoms with Gasteiger partial charge in [-0.25, -0.2) is 43.9 Å². The van der Waals surface area contributed by atoms with Crippen LogP contribution in [0, 0.1) is 46.5 Å². The Bertz CT molecular complexity index is 1210. The summed E-state index contributed by atoms with van der Waals surface area (Å²) in [5.41, 5.74) is -2.74. The molecule has 26 heavy (non-hydrogen) atoms. The van der Waals surface area contributed by atoms with Crippen LogP contribution in [0.25, 0.3) is 22.8 Å². The predicted molar refractivity (Wildman–Crippen MR) is 66.9 cm³/mol. The van der Waals surface area contributed by atoms with Gasteiger partial charge in [0.1, 0.15) is 11.7 Å². The standard InChI is InChI=1S/C16F10/c17-7-1-2(4-6(7)12(22)16(26)14(24)10(4)20)8(18)5-3(1)9(19)13(23)15(25)11(5)21. The lowest BCUT2D eigenvalue weighted by atomic mass is 10.1. The lowest BCUT2D eigenvalue weighted by molar-refractivity contribution is 0.400. The number of hydrogen-bond acceptors (Lipinski definition) is 0. The summed E-state index contributed by atoms with van der Waals surface area (Å²) in [6.07, 6.45) is 0. The van der Waals surface area contributed by atoms with Crippen molar-refractivity contribution in [1.29, 1.82) is 0 Å². The molecule has 0 atom stereocenters. The van der Waals surface area contributed by atoms with Gasteiger partial charge < -0.3 is 0 Å². The molecule has 0 nitrogen and oxygen atoms in total.